The van der Waals surface area contributed by atoms with Crippen LogP contribution in [0.1, 0.15) is 11.6 Å². The number of aldehydes is 1. The van der Waals surface area contributed by atoms with Gasteiger partial charge in [-0.2, -0.15) is 0 Å². The highest BCUT2D eigenvalue weighted by molar-refractivity contribution is 5.71. The monoisotopic (exact) mass is 214 g/mol. The Morgan fingerprint density at radius 2 is 2.00 bits per heavy atom. The minimum Gasteiger partial charge on any atom is -0.346 e. The number of rotatable bonds is 3. The summed E-state index contributed by atoms with van der Waals surface area (Å²) in [5.74, 6) is 0. The molecule has 2 rings (SSSR count). The third kappa shape index (κ3) is 1.50. The van der Waals surface area contributed by atoms with E-state index in [1.807, 2.05) is 34.1 Å². The lowest BCUT2D eigenvalue weighted by Gasteiger charge is -2.39. The number of para-hydroxylation sites is 1. The van der Waals surface area contributed by atoms with E-state index in [2.05, 4.69) is 13.2 Å². The summed E-state index contributed by atoms with van der Waals surface area (Å²) in [5, 5.41) is 0. The van der Waals surface area contributed by atoms with Gasteiger partial charge in [-0.1, -0.05) is 31.4 Å². The Morgan fingerprint density at radius 3 is 2.62 bits per heavy atom. The molecule has 1 atom stereocenters. The zero-order valence-corrected chi connectivity index (χ0v) is 9.04. The Morgan fingerprint density at radius 1 is 1.25 bits per heavy atom. The van der Waals surface area contributed by atoms with Crippen LogP contribution in [0.5, 0.6) is 0 Å². The normalized spacial score (nSPS) is 18.9. The summed E-state index contributed by atoms with van der Waals surface area (Å²) in [6.07, 6.45) is 4.39. The minimum atomic E-state index is -0.245. The highest BCUT2D eigenvalue weighted by Crippen LogP contribution is 2.34. The van der Waals surface area contributed by atoms with Gasteiger partial charge in [-0.05, 0) is 18.5 Å². The van der Waals surface area contributed by atoms with Crippen LogP contribution in [0.25, 0.3) is 0 Å². The summed E-state index contributed by atoms with van der Waals surface area (Å²) < 4.78 is 0. The maximum atomic E-state index is 11.2. The number of benzene rings is 1. The molecule has 0 radical (unpaired) electrons. The van der Waals surface area contributed by atoms with Crippen molar-refractivity contribution >= 4 is 12.0 Å². The first-order chi connectivity index (χ1) is 7.81. The molecule has 0 saturated heterocycles. The number of hydrogen-bond donors (Lipinski definition) is 0. The fourth-order valence-electron chi connectivity index (χ4n) is 2.00. The van der Waals surface area contributed by atoms with Crippen molar-refractivity contribution in [2.24, 2.45) is 0 Å². The summed E-state index contributed by atoms with van der Waals surface area (Å²) >= 11 is 0. The zero-order chi connectivity index (χ0) is 11.5. The van der Waals surface area contributed by atoms with Crippen molar-refractivity contribution in [2.45, 2.75) is 6.04 Å². The second-order valence-electron chi connectivity index (χ2n) is 3.63. The van der Waals surface area contributed by atoms with E-state index < -0.39 is 0 Å². The van der Waals surface area contributed by atoms with E-state index >= 15 is 0 Å². The highest BCUT2D eigenvalue weighted by atomic mass is 16.1. The molecule has 3 heteroatoms. The molecule has 0 spiro atoms. The molecule has 1 heterocycles. The van der Waals surface area contributed by atoms with Gasteiger partial charge in [0, 0.05) is 11.3 Å². The average molecular weight is 214 g/mol. The number of carbonyl (C=O) groups is 1. The van der Waals surface area contributed by atoms with Gasteiger partial charge in [0.05, 0.1) is 6.67 Å². The SMILES string of the molecule is C=CN1CN(C=C)C(C=O)c2ccccc21. The van der Waals surface area contributed by atoms with Gasteiger partial charge in [0.1, 0.15) is 12.3 Å². The summed E-state index contributed by atoms with van der Waals surface area (Å²) in [7, 11) is 0. The standard InChI is InChI=1S/C13H14N2O/c1-3-14-10-15(4-2)13(9-16)11-7-5-6-8-12(11)14/h3-9,13H,1-2,10H2. The molecule has 1 unspecified atom stereocenters. The molecule has 0 saturated carbocycles. The number of hydrogen-bond acceptors (Lipinski definition) is 3. The molecule has 0 fully saturated rings. The first kappa shape index (κ1) is 10.5. The quantitative estimate of drug-likeness (QED) is 0.721. The summed E-state index contributed by atoms with van der Waals surface area (Å²) in [4.78, 5) is 15.0. The van der Waals surface area contributed by atoms with Gasteiger partial charge in [0.25, 0.3) is 0 Å². The predicted octanol–water partition coefficient (Wildman–Crippen LogP) is 2.29. The van der Waals surface area contributed by atoms with Gasteiger partial charge in [-0.15, -0.1) is 0 Å². The zero-order valence-electron chi connectivity index (χ0n) is 9.04. The molecule has 1 aliphatic heterocycles. The van der Waals surface area contributed by atoms with Gasteiger partial charge in [-0.3, -0.25) is 0 Å². The van der Waals surface area contributed by atoms with Crippen LogP contribution in [0.2, 0.25) is 0 Å². The summed E-state index contributed by atoms with van der Waals surface area (Å²) in [5.41, 5.74) is 2.02. The predicted molar refractivity (Wildman–Crippen MR) is 64.8 cm³/mol. The van der Waals surface area contributed by atoms with E-state index in [1.165, 1.54) is 0 Å². The van der Waals surface area contributed by atoms with Gasteiger partial charge in [-0.25, -0.2) is 0 Å². The van der Waals surface area contributed by atoms with Crippen LogP contribution in [0, 0.1) is 0 Å². The van der Waals surface area contributed by atoms with Crippen molar-refractivity contribution in [3.63, 3.8) is 0 Å². The van der Waals surface area contributed by atoms with Crippen molar-refractivity contribution in [3.05, 3.63) is 55.4 Å². The Labute approximate surface area is 95.3 Å². The second-order valence-corrected chi connectivity index (χ2v) is 3.63. The molecule has 82 valence electrons. The molecule has 0 aliphatic carbocycles. The Balaban J connectivity index is 2.53. The molecular weight excluding hydrogens is 200 g/mol. The van der Waals surface area contributed by atoms with Crippen molar-refractivity contribution in [1.82, 2.24) is 4.90 Å². The van der Waals surface area contributed by atoms with Gasteiger partial charge < -0.3 is 14.6 Å². The number of fused-ring (bicyclic) bond motifs is 1. The molecule has 0 aromatic heterocycles. The molecule has 0 bridgehead atoms. The molecule has 1 aromatic rings. The molecular formula is C13H14N2O. The maximum absolute atomic E-state index is 11.2. The van der Waals surface area contributed by atoms with Crippen LogP contribution in [0.3, 0.4) is 0 Å². The van der Waals surface area contributed by atoms with E-state index in [0.29, 0.717) is 6.67 Å². The summed E-state index contributed by atoms with van der Waals surface area (Å²) in [6.45, 7) is 8.11. The topological polar surface area (TPSA) is 23.6 Å². The van der Waals surface area contributed by atoms with Crippen molar-refractivity contribution in [3.8, 4) is 0 Å². The molecule has 0 amide bonds. The lowest BCUT2D eigenvalue weighted by molar-refractivity contribution is -0.111. The molecule has 0 N–H and O–H groups in total. The van der Waals surface area contributed by atoms with Crippen molar-refractivity contribution in [1.29, 1.82) is 0 Å². The molecule has 1 aromatic carbocycles. The maximum Gasteiger partial charge on any atom is 0.147 e. The highest BCUT2D eigenvalue weighted by Gasteiger charge is 2.27. The first-order valence-corrected chi connectivity index (χ1v) is 5.13. The van der Waals surface area contributed by atoms with Crippen LogP contribution in [-0.2, 0) is 4.79 Å². The minimum absolute atomic E-state index is 0.245. The Kier molecular flexibility index (Phi) is 2.77. The molecule has 3 nitrogen and oxygen atoms in total. The fourth-order valence-corrected chi connectivity index (χ4v) is 2.00. The van der Waals surface area contributed by atoms with E-state index in [0.717, 1.165) is 17.5 Å². The molecule has 16 heavy (non-hydrogen) atoms. The van der Waals surface area contributed by atoms with Crippen molar-refractivity contribution in [2.75, 3.05) is 11.6 Å². The van der Waals surface area contributed by atoms with E-state index in [4.69, 9.17) is 0 Å². The van der Waals surface area contributed by atoms with Crippen LogP contribution >= 0.6 is 0 Å². The third-order valence-electron chi connectivity index (χ3n) is 2.82. The average Bonchev–Trinajstić information content (AvgIpc) is 2.36. The Hall–Kier alpha value is -2.03. The van der Waals surface area contributed by atoms with Crippen LogP contribution in [0.4, 0.5) is 5.69 Å². The summed E-state index contributed by atoms with van der Waals surface area (Å²) in [6, 6.07) is 7.60. The van der Waals surface area contributed by atoms with E-state index in [-0.39, 0.29) is 6.04 Å². The Bertz CT molecular complexity index is 428. The smallest absolute Gasteiger partial charge is 0.147 e. The second kappa shape index (κ2) is 4.23. The lowest BCUT2D eigenvalue weighted by Crippen LogP contribution is -2.40. The van der Waals surface area contributed by atoms with Gasteiger partial charge >= 0.3 is 0 Å². The number of nitrogens with zero attached hydrogens (tertiary/aromatic N) is 2. The van der Waals surface area contributed by atoms with Gasteiger partial charge in [0.2, 0.25) is 0 Å². The van der Waals surface area contributed by atoms with Crippen LogP contribution in [-0.4, -0.2) is 17.9 Å². The lowest BCUT2D eigenvalue weighted by atomic mass is 10.0. The number of anilines is 1. The van der Waals surface area contributed by atoms with E-state index in [1.54, 1.807) is 12.4 Å². The third-order valence-corrected chi connectivity index (χ3v) is 2.82. The van der Waals surface area contributed by atoms with Crippen molar-refractivity contribution < 1.29 is 4.79 Å². The molecule has 1 aliphatic rings. The van der Waals surface area contributed by atoms with Gasteiger partial charge in [0.15, 0.2) is 0 Å². The van der Waals surface area contributed by atoms with Crippen LogP contribution < -0.4 is 4.90 Å². The van der Waals surface area contributed by atoms with Crippen LogP contribution in [0.15, 0.2) is 49.8 Å². The number of carbonyl (C=O) groups excluding carboxylic acids is 1. The largest absolute Gasteiger partial charge is 0.346 e. The van der Waals surface area contributed by atoms with E-state index in [9.17, 15) is 4.79 Å². The fraction of sp³-hybridized carbons (Fsp3) is 0.154. The first-order valence-electron chi connectivity index (χ1n) is 5.13.